The number of carbonyl (C=O) groups is 1. The maximum atomic E-state index is 13.9. The largest absolute Gasteiger partial charge is 0.372 e. The van der Waals surface area contributed by atoms with Crippen molar-refractivity contribution in [2.45, 2.75) is 19.1 Å². The summed E-state index contributed by atoms with van der Waals surface area (Å²) in [6, 6.07) is 33.9. The average molecular weight is 430 g/mol. The molecule has 0 spiro atoms. The van der Waals surface area contributed by atoms with Gasteiger partial charge in [-0.05, 0) is 51.7 Å². The van der Waals surface area contributed by atoms with Gasteiger partial charge in [-0.1, -0.05) is 96.6 Å². The molecule has 0 radical (unpaired) electrons. The molecule has 3 nitrogen and oxygen atoms in total. The topological polar surface area (TPSA) is 40.5 Å². The molecule has 6 rings (SSSR count). The number of nitrogens with zero attached hydrogens (tertiary/aromatic N) is 1. The van der Waals surface area contributed by atoms with Crippen molar-refractivity contribution >= 4 is 33.1 Å². The molecule has 0 fully saturated rings. The lowest BCUT2D eigenvalue weighted by Gasteiger charge is -2.25. The molecule has 1 aliphatic heterocycles. The molecule has 0 aliphatic carbocycles. The van der Waals surface area contributed by atoms with Gasteiger partial charge in [-0.15, -0.1) is 0 Å². The molecule has 0 saturated carbocycles. The molecule has 1 aliphatic rings. The molecule has 1 amide bonds. The summed E-state index contributed by atoms with van der Waals surface area (Å²) in [5.41, 5.74) is 2.37. The maximum Gasteiger partial charge on any atom is 0.268 e. The van der Waals surface area contributed by atoms with Crippen LogP contribution < -0.4 is 4.90 Å². The number of anilines is 1. The SMILES string of the molecule is Cc1cccc([C@]2(O)C(=O)N(Cc3c4ccccc4cc4ccccc34)c3ccccc32)c1. The summed E-state index contributed by atoms with van der Waals surface area (Å²) in [4.78, 5) is 15.7. The van der Waals surface area contributed by atoms with Crippen LogP contribution in [-0.4, -0.2) is 11.0 Å². The number of amides is 1. The normalized spacial score (nSPS) is 17.6. The Morgan fingerprint density at radius 2 is 1.39 bits per heavy atom. The smallest absolute Gasteiger partial charge is 0.268 e. The average Bonchev–Trinajstić information content (AvgIpc) is 3.06. The van der Waals surface area contributed by atoms with E-state index in [4.69, 9.17) is 0 Å². The van der Waals surface area contributed by atoms with Gasteiger partial charge in [0.2, 0.25) is 0 Å². The second-order valence-corrected chi connectivity index (χ2v) is 8.79. The van der Waals surface area contributed by atoms with E-state index in [1.807, 2.05) is 79.7 Å². The molecule has 0 bridgehead atoms. The van der Waals surface area contributed by atoms with Crippen LogP contribution in [0.4, 0.5) is 5.69 Å². The first-order chi connectivity index (χ1) is 16.1. The molecule has 5 aromatic carbocycles. The van der Waals surface area contributed by atoms with Crippen molar-refractivity contribution in [1.82, 2.24) is 0 Å². The molecular weight excluding hydrogens is 406 g/mol. The van der Waals surface area contributed by atoms with Gasteiger partial charge in [-0.3, -0.25) is 4.79 Å². The molecule has 160 valence electrons. The molecule has 0 unspecified atom stereocenters. The van der Waals surface area contributed by atoms with E-state index >= 15 is 0 Å². The van der Waals surface area contributed by atoms with E-state index in [2.05, 4.69) is 30.3 Å². The molecule has 33 heavy (non-hydrogen) atoms. The van der Waals surface area contributed by atoms with E-state index < -0.39 is 5.60 Å². The number of benzene rings is 5. The van der Waals surface area contributed by atoms with Crippen LogP contribution >= 0.6 is 0 Å². The highest BCUT2D eigenvalue weighted by molar-refractivity contribution is 6.10. The van der Waals surface area contributed by atoms with E-state index in [1.54, 1.807) is 4.90 Å². The third-order valence-corrected chi connectivity index (χ3v) is 6.77. The first-order valence-electron chi connectivity index (χ1n) is 11.2. The molecule has 0 aromatic heterocycles. The van der Waals surface area contributed by atoms with Crippen molar-refractivity contribution in [1.29, 1.82) is 0 Å². The quantitative estimate of drug-likeness (QED) is 0.353. The van der Waals surface area contributed by atoms with E-state index in [0.29, 0.717) is 17.7 Å². The number of carbonyl (C=O) groups excluding carboxylic acids is 1. The van der Waals surface area contributed by atoms with Crippen molar-refractivity contribution in [2.75, 3.05) is 4.90 Å². The predicted molar refractivity (Wildman–Crippen MR) is 133 cm³/mol. The maximum absolute atomic E-state index is 13.9. The van der Waals surface area contributed by atoms with Crippen LogP contribution in [0.15, 0.2) is 103 Å². The Labute approximate surface area is 192 Å². The van der Waals surface area contributed by atoms with Crippen LogP contribution in [0.2, 0.25) is 0 Å². The zero-order valence-corrected chi connectivity index (χ0v) is 18.3. The Bertz CT molecular complexity index is 1500. The number of hydrogen-bond donors (Lipinski definition) is 1. The highest BCUT2D eigenvalue weighted by atomic mass is 16.3. The molecular formula is C30H23NO2. The molecule has 1 atom stereocenters. The summed E-state index contributed by atoms with van der Waals surface area (Å²) >= 11 is 0. The summed E-state index contributed by atoms with van der Waals surface area (Å²) < 4.78 is 0. The molecule has 1 N–H and O–H groups in total. The van der Waals surface area contributed by atoms with Gasteiger partial charge in [0.15, 0.2) is 5.60 Å². The Morgan fingerprint density at radius 3 is 2.09 bits per heavy atom. The van der Waals surface area contributed by atoms with Gasteiger partial charge in [0.05, 0.1) is 12.2 Å². The Morgan fingerprint density at radius 1 is 0.758 bits per heavy atom. The molecule has 5 aromatic rings. The minimum atomic E-state index is -1.71. The Kier molecular flexibility index (Phi) is 4.36. The Hall–Kier alpha value is -3.95. The number of fused-ring (bicyclic) bond motifs is 3. The van der Waals surface area contributed by atoms with Crippen LogP contribution in [0, 0.1) is 6.92 Å². The van der Waals surface area contributed by atoms with E-state index in [1.165, 1.54) is 0 Å². The zero-order valence-electron chi connectivity index (χ0n) is 18.3. The van der Waals surface area contributed by atoms with E-state index in [0.717, 1.165) is 38.4 Å². The van der Waals surface area contributed by atoms with Crippen molar-refractivity contribution < 1.29 is 9.90 Å². The number of rotatable bonds is 3. The minimum absolute atomic E-state index is 0.314. The van der Waals surface area contributed by atoms with Crippen molar-refractivity contribution in [3.8, 4) is 0 Å². The van der Waals surface area contributed by atoms with Crippen LogP contribution in [-0.2, 0) is 16.9 Å². The second kappa shape index (κ2) is 7.29. The summed E-state index contributed by atoms with van der Waals surface area (Å²) in [7, 11) is 0. The lowest BCUT2D eigenvalue weighted by molar-refractivity contribution is -0.132. The van der Waals surface area contributed by atoms with Crippen LogP contribution in [0.1, 0.15) is 22.3 Å². The third-order valence-electron chi connectivity index (χ3n) is 6.77. The fraction of sp³-hybridized carbons (Fsp3) is 0.100. The van der Waals surface area contributed by atoms with E-state index in [9.17, 15) is 9.90 Å². The van der Waals surface area contributed by atoms with E-state index in [-0.39, 0.29) is 5.91 Å². The van der Waals surface area contributed by atoms with Gasteiger partial charge in [0.25, 0.3) is 5.91 Å². The standard InChI is InChI=1S/C30H23NO2/c1-20-9-8-12-23(17-20)30(33)27-15-6-7-16-28(27)31(29(30)32)19-26-24-13-4-2-10-21(24)18-22-11-3-5-14-25(22)26/h2-18,33H,19H2,1H3/t30-/m1/s1. The number of aryl methyl sites for hydroxylation is 1. The highest BCUT2D eigenvalue weighted by Gasteiger charge is 2.51. The first-order valence-corrected chi connectivity index (χ1v) is 11.2. The minimum Gasteiger partial charge on any atom is -0.372 e. The fourth-order valence-corrected chi connectivity index (χ4v) is 5.18. The van der Waals surface area contributed by atoms with Gasteiger partial charge in [0, 0.05) is 5.56 Å². The molecule has 0 saturated heterocycles. The first kappa shape index (κ1) is 19.7. The van der Waals surface area contributed by atoms with Crippen molar-refractivity contribution in [2.24, 2.45) is 0 Å². The molecule has 3 heteroatoms. The van der Waals surface area contributed by atoms with Crippen molar-refractivity contribution in [3.63, 3.8) is 0 Å². The van der Waals surface area contributed by atoms with Gasteiger partial charge in [0.1, 0.15) is 0 Å². The van der Waals surface area contributed by atoms with Gasteiger partial charge >= 0.3 is 0 Å². The summed E-state index contributed by atoms with van der Waals surface area (Å²) in [5.74, 6) is -0.314. The predicted octanol–water partition coefficient (Wildman–Crippen LogP) is 6.08. The van der Waals surface area contributed by atoms with Crippen LogP contribution in [0.25, 0.3) is 21.5 Å². The lowest BCUT2D eigenvalue weighted by Crippen LogP contribution is -2.41. The number of para-hydroxylation sites is 1. The molecule has 1 heterocycles. The lowest BCUT2D eigenvalue weighted by atomic mass is 9.87. The third kappa shape index (κ3) is 2.90. The Balaban J connectivity index is 1.56. The summed E-state index contributed by atoms with van der Waals surface area (Å²) in [5, 5.41) is 16.4. The monoisotopic (exact) mass is 429 g/mol. The zero-order chi connectivity index (χ0) is 22.6. The van der Waals surface area contributed by atoms with Crippen LogP contribution in [0.3, 0.4) is 0 Å². The van der Waals surface area contributed by atoms with Crippen LogP contribution in [0.5, 0.6) is 0 Å². The van der Waals surface area contributed by atoms with Gasteiger partial charge in [-0.2, -0.15) is 0 Å². The number of aliphatic hydroxyl groups is 1. The second-order valence-electron chi connectivity index (χ2n) is 8.79. The van der Waals surface area contributed by atoms with Gasteiger partial charge < -0.3 is 10.0 Å². The van der Waals surface area contributed by atoms with Gasteiger partial charge in [-0.25, -0.2) is 0 Å². The number of hydrogen-bond acceptors (Lipinski definition) is 2. The summed E-state index contributed by atoms with van der Waals surface area (Å²) in [6.45, 7) is 2.35. The highest BCUT2D eigenvalue weighted by Crippen LogP contribution is 2.45. The summed E-state index contributed by atoms with van der Waals surface area (Å²) in [6.07, 6.45) is 0. The van der Waals surface area contributed by atoms with Crippen molar-refractivity contribution in [3.05, 3.63) is 125 Å². The fourth-order valence-electron chi connectivity index (χ4n) is 5.18.